The predicted octanol–water partition coefficient (Wildman–Crippen LogP) is 2.54. The molecule has 0 aromatic carbocycles. The molecule has 0 spiro atoms. The number of unbranched alkanes of at least 4 members (excludes halogenated alkanes) is 1. The molecule has 0 aliphatic carbocycles. The second-order valence-corrected chi connectivity index (χ2v) is 3.73. The van der Waals surface area contributed by atoms with Crippen molar-refractivity contribution >= 4 is 0 Å². The van der Waals surface area contributed by atoms with Crippen molar-refractivity contribution in [2.75, 3.05) is 0 Å². The van der Waals surface area contributed by atoms with Gasteiger partial charge in [0.25, 0.3) is 0 Å². The van der Waals surface area contributed by atoms with E-state index < -0.39 is 0 Å². The highest BCUT2D eigenvalue weighted by Crippen LogP contribution is 2.26. The third-order valence-electron chi connectivity index (χ3n) is 2.09. The first-order valence-electron chi connectivity index (χ1n) is 4.43. The Morgan fingerprint density at radius 3 is 2.75 bits per heavy atom. The van der Waals surface area contributed by atoms with Crippen molar-refractivity contribution in [2.24, 2.45) is 0 Å². The van der Waals surface area contributed by atoms with Crippen LogP contribution in [0, 0.1) is 0 Å². The number of rotatable bonds is 4. The van der Waals surface area contributed by atoms with Crippen LogP contribution in [0.5, 0.6) is 0 Å². The van der Waals surface area contributed by atoms with Crippen molar-refractivity contribution in [1.82, 2.24) is 10.2 Å². The second kappa shape index (κ2) is 3.70. The molecular weight excluding hydrogens is 152 g/mol. The van der Waals surface area contributed by atoms with E-state index in [-0.39, 0.29) is 5.41 Å². The average Bonchev–Trinajstić information content (AvgIpc) is 2.53. The van der Waals surface area contributed by atoms with Crippen molar-refractivity contribution in [3.63, 3.8) is 0 Å². The van der Waals surface area contributed by atoms with Crippen LogP contribution in [-0.4, -0.2) is 10.2 Å². The van der Waals surface area contributed by atoms with Gasteiger partial charge in [-0.05, 0) is 6.42 Å². The fraction of sp³-hybridized carbons (Fsp3) is 0.778. The Labute approximate surface area is 73.2 Å². The summed E-state index contributed by atoms with van der Waals surface area (Å²) in [5.41, 5.74) is 0.0342. The Hall–Kier alpha value is -0.860. The normalized spacial score (nSPS) is 11.9. The molecule has 0 bridgehead atoms. The third kappa shape index (κ3) is 2.06. The fourth-order valence-electron chi connectivity index (χ4n) is 1.19. The Kier molecular flexibility index (Phi) is 2.84. The van der Waals surface area contributed by atoms with Gasteiger partial charge >= 0.3 is 0 Å². The van der Waals surface area contributed by atoms with E-state index >= 15 is 0 Å². The molecule has 0 saturated heterocycles. The highest BCUT2D eigenvalue weighted by Gasteiger charge is 2.24. The maximum atomic E-state index is 5.17. The molecule has 1 aromatic rings. The first-order chi connectivity index (χ1) is 5.67. The van der Waals surface area contributed by atoms with Crippen LogP contribution in [-0.2, 0) is 5.41 Å². The molecule has 1 rings (SSSR count). The molecule has 0 N–H and O–H groups in total. The molecule has 1 aromatic heterocycles. The van der Waals surface area contributed by atoms with Crippen LogP contribution in [0.2, 0.25) is 0 Å². The van der Waals surface area contributed by atoms with Crippen molar-refractivity contribution in [1.29, 1.82) is 0 Å². The van der Waals surface area contributed by atoms with E-state index in [1.807, 2.05) is 0 Å². The van der Waals surface area contributed by atoms with E-state index in [0.29, 0.717) is 0 Å². The first kappa shape index (κ1) is 9.23. The van der Waals surface area contributed by atoms with Crippen molar-refractivity contribution in [2.45, 2.75) is 45.4 Å². The summed E-state index contributed by atoms with van der Waals surface area (Å²) >= 11 is 0. The summed E-state index contributed by atoms with van der Waals surface area (Å²) in [6.07, 6.45) is 4.90. The lowest BCUT2D eigenvalue weighted by molar-refractivity contribution is 0.341. The summed E-state index contributed by atoms with van der Waals surface area (Å²) < 4.78 is 5.17. The van der Waals surface area contributed by atoms with Gasteiger partial charge in [-0.3, -0.25) is 0 Å². The van der Waals surface area contributed by atoms with Crippen LogP contribution in [0.4, 0.5) is 0 Å². The molecule has 3 nitrogen and oxygen atoms in total. The molecule has 3 heteroatoms. The van der Waals surface area contributed by atoms with Gasteiger partial charge in [0.05, 0.1) is 0 Å². The predicted molar refractivity (Wildman–Crippen MR) is 46.8 cm³/mol. The van der Waals surface area contributed by atoms with Crippen LogP contribution in [0.25, 0.3) is 0 Å². The molecule has 0 amide bonds. The van der Waals surface area contributed by atoms with Gasteiger partial charge in [0.15, 0.2) is 0 Å². The Bertz CT molecular complexity index is 216. The monoisotopic (exact) mass is 168 g/mol. The number of nitrogens with zero attached hydrogens (tertiary/aromatic N) is 2. The van der Waals surface area contributed by atoms with Crippen LogP contribution in [0.3, 0.4) is 0 Å². The second-order valence-electron chi connectivity index (χ2n) is 3.73. The molecule has 0 fully saturated rings. The van der Waals surface area contributed by atoms with Crippen LogP contribution in [0.1, 0.15) is 45.9 Å². The zero-order valence-corrected chi connectivity index (χ0v) is 8.00. The average molecular weight is 168 g/mol. The summed E-state index contributed by atoms with van der Waals surface area (Å²) in [4.78, 5) is 0. The minimum Gasteiger partial charge on any atom is -0.427 e. The van der Waals surface area contributed by atoms with Crippen molar-refractivity contribution in [3.05, 3.63) is 12.3 Å². The van der Waals surface area contributed by atoms with Gasteiger partial charge in [0, 0.05) is 5.41 Å². The topological polar surface area (TPSA) is 38.9 Å². The fourth-order valence-corrected chi connectivity index (χ4v) is 1.19. The van der Waals surface area contributed by atoms with Gasteiger partial charge in [-0.1, -0.05) is 33.6 Å². The quantitative estimate of drug-likeness (QED) is 0.693. The number of aromatic nitrogens is 2. The zero-order chi connectivity index (χ0) is 9.03. The lowest BCUT2D eigenvalue weighted by Crippen LogP contribution is -2.17. The molecule has 1 heterocycles. The molecular formula is C9H16N2O. The van der Waals surface area contributed by atoms with Crippen molar-refractivity contribution < 1.29 is 4.42 Å². The van der Waals surface area contributed by atoms with Crippen molar-refractivity contribution in [3.8, 4) is 0 Å². The molecule has 0 unspecified atom stereocenters. The van der Waals surface area contributed by atoms with E-state index in [2.05, 4.69) is 31.0 Å². The van der Waals surface area contributed by atoms with E-state index in [1.165, 1.54) is 19.2 Å². The molecule has 12 heavy (non-hydrogen) atoms. The lowest BCUT2D eigenvalue weighted by atomic mass is 9.87. The smallest absolute Gasteiger partial charge is 0.221 e. The van der Waals surface area contributed by atoms with Crippen LogP contribution < -0.4 is 0 Å². The molecule has 0 radical (unpaired) electrons. The Morgan fingerprint density at radius 2 is 2.25 bits per heavy atom. The lowest BCUT2D eigenvalue weighted by Gasteiger charge is -2.18. The first-order valence-corrected chi connectivity index (χ1v) is 4.43. The van der Waals surface area contributed by atoms with E-state index in [0.717, 1.165) is 12.3 Å². The largest absolute Gasteiger partial charge is 0.427 e. The SMILES string of the molecule is CCCCC(C)(C)c1nnco1. The molecule has 0 aliphatic rings. The maximum Gasteiger partial charge on any atom is 0.221 e. The van der Waals surface area contributed by atoms with Gasteiger partial charge in [0.2, 0.25) is 12.3 Å². The molecule has 0 atom stereocenters. The van der Waals surface area contributed by atoms with Crippen LogP contribution >= 0.6 is 0 Å². The van der Waals surface area contributed by atoms with Gasteiger partial charge in [-0.25, -0.2) is 0 Å². The van der Waals surface area contributed by atoms with E-state index in [9.17, 15) is 0 Å². The van der Waals surface area contributed by atoms with Crippen LogP contribution in [0.15, 0.2) is 10.8 Å². The van der Waals surface area contributed by atoms with Gasteiger partial charge < -0.3 is 4.42 Å². The van der Waals surface area contributed by atoms with E-state index in [1.54, 1.807) is 0 Å². The highest BCUT2D eigenvalue weighted by molar-refractivity contribution is 4.96. The summed E-state index contributed by atoms with van der Waals surface area (Å²) in [5, 5.41) is 7.60. The molecule has 0 saturated carbocycles. The maximum absolute atomic E-state index is 5.17. The Morgan fingerprint density at radius 1 is 1.50 bits per heavy atom. The number of hydrogen-bond acceptors (Lipinski definition) is 3. The van der Waals surface area contributed by atoms with Gasteiger partial charge in [0.1, 0.15) is 0 Å². The summed E-state index contributed by atoms with van der Waals surface area (Å²) in [7, 11) is 0. The summed E-state index contributed by atoms with van der Waals surface area (Å²) in [5.74, 6) is 0.746. The number of hydrogen-bond donors (Lipinski definition) is 0. The standard InChI is InChI=1S/C9H16N2O/c1-4-5-6-9(2,3)8-11-10-7-12-8/h7H,4-6H2,1-3H3. The van der Waals surface area contributed by atoms with Gasteiger partial charge in [-0.2, -0.15) is 0 Å². The molecule has 0 aliphatic heterocycles. The zero-order valence-electron chi connectivity index (χ0n) is 8.00. The minimum atomic E-state index is 0.0342. The summed E-state index contributed by atoms with van der Waals surface area (Å²) in [6.45, 7) is 6.45. The van der Waals surface area contributed by atoms with E-state index in [4.69, 9.17) is 4.42 Å². The highest BCUT2D eigenvalue weighted by atomic mass is 16.4. The Balaban J connectivity index is 2.59. The minimum absolute atomic E-state index is 0.0342. The third-order valence-corrected chi connectivity index (χ3v) is 2.09. The van der Waals surface area contributed by atoms with Gasteiger partial charge in [-0.15, -0.1) is 10.2 Å². The summed E-state index contributed by atoms with van der Waals surface area (Å²) in [6, 6.07) is 0. The molecule has 68 valence electrons.